The number of alkyl carbamates (subject to hydrolysis) is 1. The molecule has 34 heavy (non-hydrogen) atoms. The average molecular weight is 487 g/mol. The number of ether oxygens (including phenoxy) is 1. The van der Waals surface area contributed by atoms with Crippen LogP contribution in [-0.4, -0.2) is 53.6 Å². The standard InChI is InChI=1S/C22H26N6O5S/c1-22(2,3)33-21(30)24-9-10-26-34(31,32)18-6-4-5-17(13-18)27-20(29)16-7-8-19(25-14-16)28-12-11-23-15-28/h4-8,11-15,26H,9-10H2,1-3H3,(H,24,30)(H,27,29). The van der Waals surface area contributed by atoms with Gasteiger partial charge in [0, 0.05) is 37.4 Å². The van der Waals surface area contributed by atoms with Crippen LogP contribution in [0.15, 0.2) is 66.2 Å². The summed E-state index contributed by atoms with van der Waals surface area (Å²) in [4.78, 5) is 32.3. The molecule has 0 aliphatic rings. The third-order valence-corrected chi connectivity index (χ3v) is 5.73. The summed E-state index contributed by atoms with van der Waals surface area (Å²) < 4.78 is 34.3. The number of nitrogens with zero attached hydrogens (tertiary/aromatic N) is 3. The molecule has 3 rings (SSSR count). The predicted octanol–water partition coefficient (Wildman–Crippen LogP) is 2.32. The van der Waals surface area contributed by atoms with E-state index in [-0.39, 0.29) is 18.0 Å². The van der Waals surface area contributed by atoms with Gasteiger partial charge in [0.1, 0.15) is 17.7 Å². The molecule has 0 aliphatic heterocycles. The first-order valence-electron chi connectivity index (χ1n) is 10.4. The highest BCUT2D eigenvalue weighted by molar-refractivity contribution is 7.89. The Morgan fingerprint density at radius 2 is 1.91 bits per heavy atom. The van der Waals surface area contributed by atoms with E-state index >= 15 is 0 Å². The maximum atomic E-state index is 12.6. The predicted molar refractivity (Wildman–Crippen MR) is 125 cm³/mol. The molecule has 1 aromatic carbocycles. The summed E-state index contributed by atoms with van der Waals surface area (Å²) in [6.07, 6.45) is 5.73. The summed E-state index contributed by atoms with van der Waals surface area (Å²) in [5, 5.41) is 5.14. The van der Waals surface area contributed by atoms with Crippen molar-refractivity contribution >= 4 is 27.7 Å². The molecule has 0 atom stereocenters. The fourth-order valence-corrected chi connectivity index (χ4v) is 3.84. The van der Waals surface area contributed by atoms with Crippen LogP contribution < -0.4 is 15.4 Å². The zero-order valence-corrected chi connectivity index (χ0v) is 19.8. The Balaban J connectivity index is 1.57. The summed E-state index contributed by atoms with van der Waals surface area (Å²) in [7, 11) is -3.86. The second-order valence-electron chi connectivity index (χ2n) is 8.18. The second-order valence-corrected chi connectivity index (χ2v) is 9.95. The minimum atomic E-state index is -3.86. The number of hydrogen-bond donors (Lipinski definition) is 3. The van der Waals surface area contributed by atoms with E-state index in [1.54, 1.807) is 62.3 Å². The molecular formula is C22H26N6O5S. The number of carbonyl (C=O) groups excluding carboxylic acids is 2. The molecule has 2 aromatic heterocycles. The zero-order valence-electron chi connectivity index (χ0n) is 19.0. The molecule has 0 bridgehead atoms. The topological polar surface area (TPSA) is 144 Å². The molecule has 12 heteroatoms. The third-order valence-electron chi connectivity index (χ3n) is 4.27. The summed E-state index contributed by atoms with van der Waals surface area (Å²) in [6, 6.07) is 9.12. The molecule has 0 fully saturated rings. The Hall–Kier alpha value is -3.77. The Morgan fingerprint density at radius 3 is 2.56 bits per heavy atom. The molecular weight excluding hydrogens is 460 g/mol. The van der Waals surface area contributed by atoms with Gasteiger partial charge in [0.15, 0.2) is 0 Å². The number of pyridine rings is 1. The first-order valence-corrected chi connectivity index (χ1v) is 11.8. The van der Waals surface area contributed by atoms with E-state index in [0.29, 0.717) is 17.1 Å². The van der Waals surface area contributed by atoms with Gasteiger partial charge in [-0.2, -0.15) is 0 Å². The smallest absolute Gasteiger partial charge is 0.407 e. The normalized spacial score (nSPS) is 11.6. The highest BCUT2D eigenvalue weighted by Gasteiger charge is 2.17. The van der Waals surface area contributed by atoms with Crippen molar-refractivity contribution in [2.24, 2.45) is 0 Å². The third kappa shape index (κ3) is 7.12. The van der Waals surface area contributed by atoms with Crippen LogP contribution in [0.2, 0.25) is 0 Å². The number of nitrogens with one attached hydrogen (secondary N) is 3. The fraction of sp³-hybridized carbons (Fsp3) is 0.273. The van der Waals surface area contributed by atoms with Crippen molar-refractivity contribution in [1.29, 1.82) is 0 Å². The summed E-state index contributed by atoms with van der Waals surface area (Å²) in [5.74, 6) is 0.170. The van der Waals surface area contributed by atoms with E-state index in [0.717, 1.165) is 0 Å². The van der Waals surface area contributed by atoms with Crippen molar-refractivity contribution in [2.75, 3.05) is 18.4 Å². The van der Waals surface area contributed by atoms with E-state index in [1.807, 2.05) is 0 Å². The van der Waals surface area contributed by atoms with Gasteiger partial charge in [-0.3, -0.25) is 9.36 Å². The zero-order chi connectivity index (χ0) is 24.8. The van der Waals surface area contributed by atoms with Gasteiger partial charge in [0.25, 0.3) is 5.91 Å². The van der Waals surface area contributed by atoms with Crippen LogP contribution in [0.5, 0.6) is 0 Å². The number of aromatic nitrogens is 3. The van der Waals surface area contributed by atoms with Crippen molar-refractivity contribution in [3.63, 3.8) is 0 Å². The van der Waals surface area contributed by atoms with E-state index in [2.05, 4.69) is 25.3 Å². The van der Waals surface area contributed by atoms with Crippen LogP contribution in [0.25, 0.3) is 5.82 Å². The van der Waals surface area contributed by atoms with Crippen molar-refractivity contribution in [3.05, 3.63) is 66.9 Å². The average Bonchev–Trinajstić information content (AvgIpc) is 3.31. The van der Waals surface area contributed by atoms with Gasteiger partial charge < -0.3 is 15.4 Å². The second kappa shape index (κ2) is 10.4. The first kappa shape index (κ1) is 24.9. The molecule has 0 saturated carbocycles. The molecule has 3 N–H and O–H groups in total. The van der Waals surface area contributed by atoms with Crippen LogP contribution in [-0.2, 0) is 14.8 Å². The summed E-state index contributed by atoms with van der Waals surface area (Å²) in [5.41, 5.74) is -0.0333. The molecule has 0 aliphatic carbocycles. The lowest BCUT2D eigenvalue weighted by Gasteiger charge is -2.19. The van der Waals surface area contributed by atoms with Gasteiger partial charge in [-0.15, -0.1) is 0 Å². The number of carbonyl (C=O) groups is 2. The van der Waals surface area contributed by atoms with E-state index in [1.165, 1.54) is 24.4 Å². The summed E-state index contributed by atoms with van der Waals surface area (Å²) in [6.45, 7) is 5.20. The van der Waals surface area contributed by atoms with Crippen LogP contribution in [0.4, 0.5) is 10.5 Å². The van der Waals surface area contributed by atoms with Crippen molar-refractivity contribution < 1.29 is 22.7 Å². The Morgan fingerprint density at radius 1 is 1.12 bits per heavy atom. The molecule has 0 unspecified atom stereocenters. The van der Waals surface area contributed by atoms with Crippen LogP contribution in [0.1, 0.15) is 31.1 Å². The molecule has 0 radical (unpaired) electrons. The number of hydrogen-bond acceptors (Lipinski definition) is 7. The molecule has 3 aromatic rings. The number of anilines is 1. The molecule has 2 heterocycles. The number of sulfonamides is 1. The molecule has 0 spiro atoms. The highest BCUT2D eigenvalue weighted by Crippen LogP contribution is 2.16. The van der Waals surface area contributed by atoms with Crippen molar-refractivity contribution in [3.8, 4) is 5.82 Å². The first-order chi connectivity index (χ1) is 16.0. The van der Waals surface area contributed by atoms with Gasteiger partial charge in [0.05, 0.1) is 10.5 Å². The van der Waals surface area contributed by atoms with Gasteiger partial charge in [-0.1, -0.05) is 6.07 Å². The van der Waals surface area contributed by atoms with Gasteiger partial charge >= 0.3 is 6.09 Å². The van der Waals surface area contributed by atoms with E-state index < -0.39 is 27.6 Å². The molecule has 0 saturated heterocycles. The lowest BCUT2D eigenvalue weighted by molar-refractivity contribution is 0.0528. The number of benzene rings is 1. The van der Waals surface area contributed by atoms with E-state index in [9.17, 15) is 18.0 Å². The monoisotopic (exact) mass is 486 g/mol. The van der Waals surface area contributed by atoms with Gasteiger partial charge in [-0.25, -0.2) is 27.9 Å². The number of imidazole rings is 1. The Labute approximate surface area is 197 Å². The lowest BCUT2D eigenvalue weighted by atomic mass is 10.2. The lowest BCUT2D eigenvalue weighted by Crippen LogP contribution is -2.37. The maximum Gasteiger partial charge on any atom is 0.407 e. The Bertz CT molecular complexity index is 1240. The van der Waals surface area contributed by atoms with Crippen LogP contribution in [0, 0.1) is 0 Å². The molecule has 180 valence electrons. The largest absolute Gasteiger partial charge is 0.444 e. The Kier molecular flexibility index (Phi) is 7.64. The number of amides is 2. The van der Waals surface area contributed by atoms with Crippen molar-refractivity contribution in [1.82, 2.24) is 24.6 Å². The van der Waals surface area contributed by atoms with Gasteiger partial charge in [0.2, 0.25) is 10.0 Å². The van der Waals surface area contributed by atoms with E-state index in [4.69, 9.17) is 4.74 Å². The highest BCUT2D eigenvalue weighted by atomic mass is 32.2. The minimum Gasteiger partial charge on any atom is -0.444 e. The van der Waals surface area contributed by atoms with Crippen LogP contribution in [0.3, 0.4) is 0 Å². The summed E-state index contributed by atoms with van der Waals surface area (Å²) >= 11 is 0. The minimum absolute atomic E-state index is 0.0313. The van der Waals surface area contributed by atoms with Gasteiger partial charge in [-0.05, 0) is 51.1 Å². The number of rotatable bonds is 8. The fourth-order valence-electron chi connectivity index (χ4n) is 2.76. The quantitative estimate of drug-likeness (QED) is 0.414. The SMILES string of the molecule is CC(C)(C)OC(=O)NCCNS(=O)(=O)c1cccc(NC(=O)c2ccc(-n3ccnc3)nc2)c1. The maximum absolute atomic E-state index is 12.6. The van der Waals surface area contributed by atoms with Crippen molar-refractivity contribution in [2.45, 2.75) is 31.3 Å². The molecule has 2 amide bonds. The molecule has 11 nitrogen and oxygen atoms in total. The van der Waals surface area contributed by atoms with Crippen LogP contribution >= 0.6 is 0 Å².